The minimum Gasteiger partial charge on any atom is -0.454 e. The molecule has 8 nitrogen and oxygen atoms in total. The van der Waals surface area contributed by atoms with Crippen molar-refractivity contribution in [3.05, 3.63) is 59.2 Å². The van der Waals surface area contributed by atoms with Crippen molar-refractivity contribution < 1.29 is 27.9 Å². The van der Waals surface area contributed by atoms with Crippen molar-refractivity contribution in [3.8, 4) is 0 Å². The Morgan fingerprint density at radius 2 is 1.74 bits per heavy atom. The van der Waals surface area contributed by atoms with Crippen molar-refractivity contribution in [2.45, 2.75) is 63.5 Å². The number of ether oxygens (including phenoxy) is 1. The molecule has 0 aliphatic carbocycles. The molecule has 1 saturated heterocycles. The Morgan fingerprint density at radius 3 is 2.32 bits per heavy atom. The molecule has 1 heterocycles. The lowest BCUT2D eigenvalue weighted by Gasteiger charge is -2.23. The minimum absolute atomic E-state index is 0.0204. The fourth-order valence-electron chi connectivity index (χ4n) is 3.76. The van der Waals surface area contributed by atoms with Crippen molar-refractivity contribution in [2.24, 2.45) is 0 Å². The molecule has 2 aromatic rings. The van der Waals surface area contributed by atoms with Crippen LogP contribution in [0.1, 0.15) is 43.9 Å². The number of benzene rings is 2. The monoisotopic (exact) mass is 488 g/mol. The van der Waals surface area contributed by atoms with Gasteiger partial charge in [0.2, 0.25) is 10.0 Å². The van der Waals surface area contributed by atoms with E-state index in [9.17, 15) is 23.1 Å². The number of nitrogens with one attached hydrogen (secondary N) is 1. The van der Waals surface area contributed by atoms with E-state index in [2.05, 4.69) is 26.1 Å². The Balaban J connectivity index is 1.65. The Hall–Kier alpha value is -2.75. The molecule has 184 valence electrons. The summed E-state index contributed by atoms with van der Waals surface area (Å²) in [6.07, 6.45) is -1.10. The van der Waals surface area contributed by atoms with Crippen molar-refractivity contribution in [3.63, 3.8) is 0 Å². The van der Waals surface area contributed by atoms with Gasteiger partial charge in [-0.3, -0.25) is 9.59 Å². The van der Waals surface area contributed by atoms with Gasteiger partial charge in [0, 0.05) is 18.7 Å². The van der Waals surface area contributed by atoms with E-state index in [1.165, 1.54) is 12.1 Å². The van der Waals surface area contributed by atoms with E-state index in [4.69, 9.17) is 4.74 Å². The van der Waals surface area contributed by atoms with Gasteiger partial charge >= 0.3 is 5.97 Å². The second-order valence-electron chi connectivity index (χ2n) is 9.71. The molecule has 2 N–H and O–H groups in total. The molecule has 1 aliphatic heterocycles. The Kier molecular flexibility index (Phi) is 7.50. The molecular weight excluding hydrogens is 456 g/mol. The lowest BCUT2D eigenvalue weighted by molar-refractivity contribution is -0.150. The summed E-state index contributed by atoms with van der Waals surface area (Å²) in [5.41, 5.74) is 3.39. The molecule has 1 amide bonds. The van der Waals surface area contributed by atoms with Crippen LogP contribution in [0.2, 0.25) is 0 Å². The maximum Gasteiger partial charge on any atom is 0.325 e. The third-order valence-corrected chi connectivity index (χ3v) is 7.84. The van der Waals surface area contributed by atoms with E-state index in [1.807, 2.05) is 19.1 Å². The van der Waals surface area contributed by atoms with Crippen molar-refractivity contribution in [1.29, 1.82) is 0 Å². The number of carbonyl (C=O) groups excluding carboxylic acids is 2. The summed E-state index contributed by atoms with van der Waals surface area (Å²) >= 11 is 0. The van der Waals surface area contributed by atoms with E-state index in [-0.39, 0.29) is 23.3 Å². The van der Waals surface area contributed by atoms with Gasteiger partial charge < -0.3 is 15.2 Å². The maximum absolute atomic E-state index is 13.2. The van der Waals surface area contributed by atoms with Crippen LogP contribution in [0.25, 0.3) is 0 Å². The highest BCUT2D eigenvalue weighted by atomic mass is 32.2. The number of nitrogens with zero attached hydrogens (tertiary/aromatic N) is 1. The zero-order valence-corrected chi connectivity index (χ0v) is 21.0. The van der Waals surface area contributed by atoms with Gasteiger partial charge in [0.25, 0.3) is 5.91 Å². The van der Waals surface area contributed by atoms with Gasteiger partial charge in [-0.1, -0.05) is 39.0 Å². The van der Waals surface area contributed by atoms with Gasteiger partial charge in [-0.2, -0.15) is 4.31 Å². The minimum atomic E-state index is -4.04. The van der Waals surface area contributed by atoms with Crippen LogP contribution in [0.3, 0.4) is 0 Å². The van der Waals surface area contributed by atoms with Crippen LogP contribution >= 0.6 is 0 Å². The molecule has 1 aliphatic rings. The SMILES string of the molecule is Cc1ccc(S(=O)(=O)N2CC(O)C[C@H]2C(=O)OCC(=O)Nc2ccc(C(C)(C)C)cc2)cc1C. The van der Waals surface area contributed by atoms with Gasteiger partial charge in [-0.05, 0) is 60.2 Å². The number of anilines is 1. The second-order valence-corrected chi connectivity index (χ2v) is 11.6. The van der Waals surface area contributed by atoms with Gasteiger partial charge in [0.15, 0.2) is 6.61 Å². The largest absolute Gasteiger partial charge is 0.454 e. The molecule has 0 radical (unpaired) electrons. The van der Waals surface area contributed by atoms with Crippen molar-refractivity contribution in [1.82, 2.24) is 4.31 Å². The molecule has 0 aromatic heterocycles. The molecule has 0 bridgehead atoms. The molecule has 34 heavy (non-hydrogen) atoms. The predicted molar refractivity (Wildman–Crippen MR) is 129 cm³/mol. The fourth-order valence-corrected chi connectivity index (χ4v) is 5.47. The fraction of sp³-hybridized carbons (Fsp3) is 0.440. The van der Waals surface area contributed by atoms with Crippen LogP contribution in [-0.2, 0) is 29.8 Å². The first-order chi connectivity index (χ1) is 15.8. The Bertz CT molecular complexity index is 1170. The van der Waals surface area contributed by atoms with Crippen LogP contribution in [-0.4, -0.2) is 55.0 Å². The standard InChI is InChI=1S/C25H32N2O6S/c1-16-6-11-21(12-17(16)2)34(31,32)27-14-20(28)13-22(27)24(30)33-15-23(29)26-19-9-7-18(8-10-19)25(3,4)5/h6-12,20,22,28H,13-15H2,1-5H3,(H,26,29)/t20?,22-/m0/s1. The predicted octanol–water partition coefficient (Wildman–Crippen LogP) is 2.91. The molecule has 2 aromatic carbocycles. The molecule has 9 heteroatoms. The second kappa shape index (κ2) is 9.85. The molecule has 1 fully saturated rings. The normalized spacial score (nSPS) is 19.1. The summed E-state index contributed by atoms with van der Waals surface area (Å²) in [5, 5.41) is 12.7. The number of hydrogen-bond donors (Lipinski definition) is 2. The lowest BCUT2D eigenvalue weighted by atomic mass is 9.87. The van der Waals surface area contributed by atoms with Crippen molar-refractivity contribution >= 4 is 27.6 Å². The van der Waals surface area contributed by atoms with Crippen LogP contribution in [0.5, 0.6) is 0 Å². The quantitative estimate of drug-likeness (QED) is 0.605. The van der Waals surface area contributed by atoms with E-state index in [0.717, 1.165) is 21.0 Å². The smallest absolute Gasteiger partial charge is 0.325 e. The number of hydrogen-bond acceptors (Lipinski definition) is 6. The first-order valence-corrected chi connectivity index (χ1v) is 12.6. The highest BCUT2D eigenvalue weighted by molar-refractivity contribution is 7.89. The average molecular weight is 489 g/mol. The topological polar surface area (TPSA) is 113 Å². The number of β-amino-alcohol motifs (C(OH)–C–C–N with tert-alkyl or cyclic N) is 1. The third kappa shape index (κ3) is 5.84. The zero-order chi connectivity index (χ0) is 25.3. The van der Waals surface area contributed by atoms with Crippen LogP contribution in [0.15, 0.2) is 47.4 Å². The number of amides is 1. The highest BCUT2D eigenvalue weighted by Gasteiger charge is 2.44. The summed E-state index contributed by atoms with van der Waals surface area (Å²) in [5.74, 6) is -1.42. The number of esters is 1. The molecule has 3 rings (SSSR count). The molecule has 2 atom stereocenters. The number of aliphatic hydroxyl groups is 1. The van der Waals surface area contributed by atoms with Gasteiger partial charge in [0.1, 0.15) is 6.04 Å². The third-order valence-electron chi connectivity index (χ3n) is 5.97. The van der Waals surface area contributed by atoms with Gasteiger partial charge in [0.05, 0.1) is 11.0 Å². The highest BCUT2D eigenvalue weighted by Crippen LogP contribution is 2.28. The number of rotatable bonds is 6. The van der Waals surface area contributed by atoms with E-state index >= 15 is 0 Å². The van der Waals surface area contributed by atoms with Gasteiger partial charge in [-0.25, -0.2) is 8.42 Å². The van der Waals surface area contributed by atoms with Crippen molar-refractivity contribution in [2.75, 3.05) is 18.5 Å². The molecule has 1 unspecified atom stereocenters. The summed E-state index contributed by atoms with van der Waals surface area (Å²) < 4.78 is 32.4. The molecule has 0 saturated carbocycles. The van der Waals surface area contributed by atoms with Gasteiger partial charge in [-0.15, -0.1) is 0 Å². The Labute approximate surface area is 201 Å². The number of aryl methyl sites for hydroxylation is 2. The molecular formula is C25H32N2O6S. The Morgan fingerprint density at radius 1 is 1.09 bits per heavy atom. The number of sulfonamides is 1. The zero-order valence-electron chi connectivity index (χ0n) is 20.2. The summed E-state index contributed by atoms with van der Waals surface area (Å²) in [6, 6.07) is 10.9. The first kappa shape index (κ1) is 25.9. The van der Waals surface area contributed by atoms with E-state index < -0.39 is 40.7 Å². The van der Waals surface area contributed by atoms with Crippen LogP contribution < -0.4 is 5.32 Å². The summed E-state index contributed by atoms with van der Waals surface area (Å²) in [7, 11) is -4.04. The first-order valence-electron chi connectivity index (χ1n) is 11.1. The van der Waals surface area contributed by atoms with E-state index in [0.29, 0.717) is 5.69 Å². The molecule has 0 spiro atoms. The summed E-state index contributed by atoms with van der Waals surface area (Å²) in [6.45, 7) is 9.14. The summed E-state index contributed by atoms with van der Waals surface area (Å²) in [4.78, 5) is 25.0. The van der Waals surface area contributed by atoms with E-state index in [1.54, 1.807) is 25.1 Å². The number of carbonyl (C=O) groups is 2. The average Bonchev–Trinajstić information content (AvgIpc) is 3.16. The van der Waals surface area contributed by atoms with Crippen LogP contribution in [0.4, 0.5) is 5.69 Å². The number of aliphatic hydroxyl groups excluding tert-OH is 1. The van der Waals surface area contributed by atoms with Crippen LogP contribution in [0, 0.1) is 13.8 Å². The lowest BCUT2D eigenvalue weighted by Crippen LogP contribution is -2.42. The maximum atomic E-state index is 13.2.